The lowest BCUT2D eigenvalue weighted by Gasteiger charge is -2.21. The number of hydrogen-bond acceptors (Lipinski definition) is 3. The molecule has 3 aromatic rings. The van der Waals surface area contributed by atoms with Crippen LogP contribution in [0.3, 0.4) is 0 Å². The Morgan fingerprint density at radius 3 is 2.56 bits per heavy atom. The smallest absolute Gasteiger partial charge is 0.0733 e. The normalized spacial score (nSPS) is 15.4. The van der Waals surface area contributed by atoms with E-state index in [-0.39, 0.29) is 0 Å². The highest BCUT2D eigenvalue weighted by Crippen LogP contribution is 2.38. The lowest BCUT2D eigenvalue weighted by molar-refractivity contribution is 0.725. The first-order chi connectivity index (χ1) is 13.3. The first kappa shape index (κ1) is 16.8. The highest BCUT2D eigenvalue weighted by atomic mass is 15.1. The molecular weight excluding hydrogens is 330 g/mol. The molecule has 1 aromatic heterocycles. The highest BCUT2D eigenvalue weighted by Gasteiger charge is 2.22. The van der Waals surface area contributed by atoms with Crippen molar-refractivity contribution in [2.24, 2.45) is 0 Å². The van der Waals surface area contributed by atoms with Gasteiger partial charge in [-0.15, -0.1) is 0 Å². The molecule has 2 aromatic carbocycles. The largest absolute Gasteiger partial charge is 0.371 e. The van der Waals surface area contributed by atoms with Gasteiger partial charge in [0.1, 0.15) is 0 Å². The monoisotopic (exact) mass is 357 g/mol. The van der Waals surface area contributed by atoms with Crippen LogP contribution in [-0.4, -0.2) is 31.7 Å². The second-order valence-corrected chi connectivity index (χ2v) is 7.94. The number of anilines is 1. The maximum atomic E-state index is 5.04. The molecule has 0 amide bonds. The van der Waals surface area contributed by atoms with Crippen LogP contribution in [0.5, 0.6) is 0 Å². The Morgan fingerprint density at radius 2 is 1.78 bits per heavy atom. The quantitative estimate of drug-likeness (QED) is 0.513. The van der Waals surface area contributed by atoms with Crippen LogP contribution < -0.4 is 10.2 Å². The zero-order valence-corrected chi connectivity index (χ0v) is 16.1. The van der Waals surface area contributed by atoms with E-state index in [2.05, 4.69) is 52.7 Å². The molecule has 1 N–H and O–H groups in total. The predicted molar refractivity (Wildman–Crippen MR) is 114 cm³/mol. The van der Waals surface area contributed by atoms with Crippen LogP contribution in [0.4, 0.5) is 5.69 Å². The van der Waals surface area contributed by atoms with Crippen molar-refractivity contribution in [3.05, 3.63) is 59.2 Å². The van der Waals surface area contributed by atoms with Crippen LogP contribution in [0.1, 0.15) is 36.0 Å². The van der Waals surface area contributed by atoms with Gasteiger partial charge in [-0.3, -0.25) is 0 Å². The van der Waals surface area contributed by atoms with Crippen molar-refractivity contribution in [2.75, 3.05) is 31.6 Å². The van der Waals surface area contributed by atoms with E-state index in [0.29, 0.717) is 0 Å². The van der Waals surface area contributed by atoms with E-state index < -0.39 is 0 Å². The van der Waals surface area contributed by atoms with E-state index >= 15 is 0 Å². The second kappa shape index (κ2) is 6.97. The topological polar surface area (TPSA) is 28.2 Å². The summed E-state index contributed by atoms with van der Waals surface area (Å²) in [5, 5.41) is 4.55. The summed E-state index contributed by atoms with van der Waals surface area (Å²) >= 11 is 0. The maximum Gasteiger partial charge on any atom is 0.0733 e. The minimum absolute atomic E-state index is 1.07. The Balaban J connectivity index is 1.51. The van der Waals surface area contributed by atoms with Crippen LogP contribution in [0, 0.1) is 0 Å². The summed E-state index contributed by atoms with van der Waals surface area (Å²) < 4.78 is 0. The lowest BCUT2D eigenvalue weighted by Crippen LogP contribution is -2.18. The van der Waals surface area contributed by atoms with Crippen molar-refractivity contribution < 1.29 is 0 Å². The number of rotatable bonds is 6. The fraction of sp³-hybridized carbons (Fsp3) is 0.375. The molecule has 1 saturated heterocycles. The van der Waals surface area contributed by atoms with Crippen molar-refractivity contribution in [1.82, 2.24) is 10.3 Å². The van der Waals surface area contributed by atoms with Gasteiger partial charge in [-0.2, -0.15) is 0 Å². The second-order valence-electron chi connectivity index (χ2n) is 7.94. The van der Waals surface area contributed by atoms with Crippen LogP contribution in [0.15, 0.2) is 42.5 Å². The van der Waals surface area contributed by atoms with Gasteiger partial charge in [0.25, 0.3) is 0 Å². The van der Waals surface area contributed by atoms with Crippen LogP contribution in [0.2, 0.25) is 0 Å². The third-order valence-electron chi connectivity index (χ3n) is 5.95. The molecular formula is C24H27N3. The molecule has 3 nitrogen and oxygen atoms in total. The molecule has 0 unspecified atom stereocenters. The number of aromatic nitrogens is 1. The molecule has 2 aliphatic rings. The van der Waals surface area contributed by atoms with Gasteiger partial charge in [0, 0.05) is 29.7 Å². The number of hydrogen-bond donors (Lipinski definition) is 1. The molecule has 2 heterocycles. The summed E-state index contributed by atoms with van der Waals surface area (Å²) in [6, 6.07) is 16.0. The average molecular weight is 358 g/mol. The standard InChI is InChI=1S/C24H27N3/c1-25-10-4-5-17-6-8-18(9-7-17)22-16-24(27-11-2-3-12-27)21-14-19-13-20(19)15-23(21)26-22/h6-9,14-16,25H,2-5,10-13H2,1H3. The Hall–Kier alpha value is -2.39. The van der Waals surface area contributed by atoms with E-state index in [1.807, 2.05) is 7.05 Å². The SMILES string of the molecule is CNCCCc1ccc(-c2cc(N3CCCC3)c3cc4c(cc3n2)C4)cc1. The van der Waals surface area contributed by atoms with Gasteiger partial charge in [0.15, 0.2) is 0 Å². The summed E-state index contributed by atoms with van der Waals surface area (Å²) in [5.41, 5.74) is 9.23. The van der Waals surface area contributed by atoms with Gasteiger partial charge < -0.3 is 10.2 Å². The molecule has 0 saturated carbocycles. The average Bonchev–Trinajstić information content (AvgIpc) is 3.23. The van der Waals surface area contributed by atoms with Crippen LogP contribution >= 0.6 is 0 Å². The van der Waals surface area contributed by atoms with Crippen molar-refractivity contribution >= 4 is 16.6 Å². The number of nitrogens with zero attached hydrogens (tertiary/aromatic N) is 2. The molecule has 1 fully saturated rings. The molecule has 3 heteroatoms. The molecule has 27 heavy (non-hydrogen) atoms. The molecule has 0 bridgehead atoms. The molecule has 0 radical (unpaired) electrons. The first-order valence-corrected chi connectivity index (χ1v) is 10.3. The summed E-state index contributed by atoms with van der Waals surface area (Å²) in [4.78, 5) is 7.59. The van der Waals surface area contributed by atoms with E-state index in [1.54, 1.807) is 0 Å². The van der Waals surface area contributed by atoms with Gasteiger partial charge in [0.2, 0.25) is 0 Å². The van der Waals surface area contributed by atoms with Gasteiger partial charge in [0.05, 0.1) is 11.2 Å². The third kappa shape index (κ3) is 3.32. The number of aryl methyl sites for hydroxylation is 1. The molecule has 5 rings (SSSR count). The van der Waals surface area contributed by atoms with E-state index in [4.69, 9.17) is 4.98 Å². The third-order valence-corrected chi connectivity index (χ3v) is 5.95. The molecule has 138 valence electrons. The minimum atomic E-state index is 1.07. The Kier molecular flexibility index (Phi) is 4.33. The summed E-state index contributed by atoms with van der Waals surface area (Å²) in [7, 11) is 2.01. The molecule has 1 aliphatic carbocycles. The van der Waals surface area contributed by atoms with Gasteiger partial charge in [-0.05, 0) is 80.6 Å². The Labute approximate surface area is 161 Å². The summed E-state index contributed by atoms with van der Waals surface area (Å²) in [6.07, 6.45) is 6.04. The van der Waals surface area contributed by atoms with Gasteiger partial charge in [-0.25, -0.2) is 4.98 Å². The zero-order chi connectivity index (χ0) is 18.2. The number of nitrogens with one attached hydrogen (secondary N) is 1. The van der Waals surface area contributed by atoms with E-state index in [0.717, 1.165) is 30.6 Å². The fourth-order valence-electron chi connectivity index (χ4n) is 4.29. The van der Waals surface area contributed by atoms with Crippen molar-refractivity contribution in [2.45, 2.75) is 32.1 Å². The predicted octanol–water partition coefficient (Wildman–Crippen LogP) is 4.56. The van der Waals surface area contributed by atoms with Crippen LogP contribution in [0.25, 0.3) is 22.2 Å². The Bertz CT molecular complexity index is 969. The number of benzene rings is 2. The Morgan fingerprint density at radius 1 is 1.00 bits per heavy atom. The van der Waals surface area contributed by atoms with Crippen molar-refractivity contribution in [3.63, 3.8) is 0 Å². The van der Waals surface area contributed by atoms with Gasteiger partial charge in [-0.1, -0.05) is 24.3 Å². The lowest BCUT2D eigenvalue weighted by atomic mass is 10.0. The molecule has 0 spiro atoms. The van der Waals surface area contributed by atoms with Crippen molar-refractivity contribution in [1.29, 1.82) is 0 Å². The fourth-order valence-corrected chi connectivity index (χ4v) is 4.29. The maximum absolute atomic E-state index is 5.04. The first-order valence-electron chi connectivity index (χ1n) is 10.3. The summed E-state index contributed by atoms with van der Waals surface area (Å²) in [5.74, 6) is 0. The minimum Gasteiger partial charge on any atom is -0.371 e. The van der Waals surface area contributed by atoms with E-state index in [1.165, 1.54) is 65.7 Å². The number of pyridine rings is 1. The molecule has 0 atom stereocenters. The summed E-state index contributed by atoms with van der Waals surface area (Å²) in [6.45, 7) is 3.40. The van der Waals surface area contributed by atoms with E-state index in [9.17, 15) is 0 Å². The molecule has 1 aliphatic heterocycles. The van der Waals surface area contributed by atoms with Gasteiger partial charge >= 0.3 is 0 Å². The van der Waals surface area contributed by atoms with Crippen molar-refractivity contribution in [3.8, 4) is 11.3 Å². The van der Waals surface area contributed by atoms with Crippen LogP contribution in [-0.2, 0) is 12.8 Å². The zero-order valence-electron chi connectivity index (χ0n) is 16.1. The highest BCUT2D eigenvalue weighted by molar-refractivity contribution is 5.96. The number of fused-ring (bicyclic) bond motifs is 2.